The van der Waals surface area contributed by atoms with Gasteiger partial charge >= 0.3 is 11.4 Å². The van der Waals surface area contributed by atoms with Gasteiger partial charge in [-0.2, -0.15) is 0 Å². The van der Waals surface area contributed by atoms with Crippen LogP contribution in [0.5, 0.6) is 11.5 Å². The summed E-state index contributed by atoms with van der Waals surface area (Å²) < 4.78 is 9.75. The molecule has 0 unspecified atom stereocenters. The average Bonchev–Trinajstić information content (AvgIpc) is 2.61. The van der Waals surface area contributed by atoms with Crippen LogP contribution in [-0.4, -0.2) is 16.6 Å². The Kier molecular flexibility index (Phi) is 2.38. The highest BCUT2D eigenvalue weighted by Crippen LogP contribution is 2.49. The summed E-state index contributed by atoms with van der Waals surface area (Å²) in [5.41, 5.74) is -1.35. The average molecular weight is 291 g/mol. The van der Waals surface area contributed by atoms with E-state index in [1.54, 1.807) is 0 Å². The fourth-order valence-electron chi connectivity index (χ4n) is 1.33. The summed E-state index contributed by atoms with van der Waals surface area (Å²) in [6.07, 6.45) is 0. The molecule has 1 aromatic rings. The van der Waals surface area contributed by atoms with E-state index in [1.165, 1.54) is 6.07 Å². The fraction of sp³-hybridized carbons (Fsp3) is 0.143. The number of benzene rings is 1. The Bertz CT molecular complexity index is 502. The molecule has 1 heterocycles. The smallest absolute Gasteiger partial charge is 0.392 e. The van der Waals surface area contributed by atoms with Crippen molar-refractivity contribution in [3.63, 3.8) is 0 Å². The number of ether oxygens (including phenoxy) is 2. The van der Waals surface area contributed by atoms with Crippen molar-refractivity contribution in [1.82, 2.24) is 0 Å². The molecule has 0 saturated carbocycles. The summed E-state index contributed by atoms with van der Waals surface area (Å²) in [6.45, 7) is -0.191. The molecule has 0 aromatic heterocycles. The number of hydrogen-bond donors (Lipinski definition) is 0. The van der Waals surface area contributed by atoms with Crippen LogP contribution in [-0.2, 0) is 0 Å². The van der Waals surface area contributed by atoms with E-state index in [4.69, 9.17) is 9.47 Å². The maximum Gasteiger partial charge on any atom is 0.392 e. The van der Waals surface area contributed by atoms with Crippen LogP contribution in [0.3, 0.4) is 0 Å². The van der Waals surface area contributed by atoms with Crippen LogP contribution in [0.15, 0.2) is 10.5 Å². The second kappa shape index (κ2) is 3.59. The summed E-state index contributed by atoms with van der Waals surface area (Å²) in [4.78, 5) is 19.8. The standard InChI is InChI=1S/C7H3BrN2O6/c8-3-1-4-7(16-2-15-4)6(10(13)14)5(3)9(11)12/h1H,2H2. The number of rotatable bonds is 2. The van der Waals surface area contributed by atoms with E-state index in [2.05, 4.69) is 15.9 Å². The molecule has 0 aliphatic carbocycles. The van der Waals surface area contributed by atoms with Crippen molar-refractivity contribution < 1.29 is 19.3 Å². The third-order valence-corrected chi connectivity index (χ3v) is 2.53. The van der Waals surface area contributed by atoms with Crippen LogP contribution >= 0.6 is 15.9 Å². The molecule has 1 aliphatic rings. The van der Waals surface area contributed by atoms with Crippen molar-refractivity contribution in [2.24, 2.45) is 0 Å². The molecular formula is C7H3BrN2O6. The normalized spacial score (nSPS) is 12.6. The molecule has 0 saturated heterocycles. The number of halogens is 1. The summed E-state index contributed by atoms with van der Waals surface area (Å²) >= 11 is 2.89. The molecule has 84 valence electrons. The van der Waals surface area contributed by atoms with Gasteiger partial charge in [0, 0.05) is 6.07 Å². The number of nitro benzene ring substituents is 2. The zero-order valence-corrected chi connectivity index (χ0v) is 9.09. The molecule has 0 bridgehead atoms. The van der Waals surface area contributed by atoms with E-state index < -0.39 is 21.2 Å². The van der Waals surface area contributed by atoms with E-state index >= 15 is 0 Å². The molecule has 0 radical (unpaired) electrons. The quantitative estimate of drug-likeness (QED) is 0.609. The molecule has 0 atom stereocenters. The highest BCUT2D eigenvalue weighted by atomic mass is 79.9. The highest BCUT2D eigenvalue weighted by molar-refractivity contribution is 9.10. The minimum Gasteiger partial charge on any atom is -0.453 e. The Morgan fingerprint density at radius 2 is 1.81 bits per heavy atom. The fourth-order valence-corrected chi connectivity index (χ4v) is 1.87. The lowest BCUT2D eigenvalue weighted by Crippen LogP contribution is -1.99. The van der Waals surface area contributed by atoms with Crippen LogP contribution in [0.2, 0.25) is 0 Å². The molecule has 9 heteroatoms. The minimum absolute atomic E-state index is 0.0200. The molecule has 0 N–H and O–H groups in total. The van der Waals surface area contributed by atoms with E-state index in [1.807, 2.05) is 0 Å². The van der Waals surface area contributed by atoms with Crippen LogP contribution in [0.4, 0.5) is 11.4 Å². The Labute approximate surface area is 96.2 Å². The maximum absolute atomic E-state index is 10.8. The minimum atomic E-state index is -0.865. The van der Waals surface area contributed by atoms with Gasteiger partial charge in [-0.15, -0.1) is 0 Å². The predicted octanol–water partition coefficient (Wildman–Crippen LogP) is 1.99. The van der Waals surface area contributed by atoms with E-state index in [9.17, 15) is 20.2 Å². The third kappa shape index (κ3) is 1.45. The molecule has 0 spiro atoms. The molecule has 16 heavy (non-hydrogen) atoms. The lowest BCUT2D eigenvalue weighted by molar-refractivity contribution is -0.423. The first-order chi connectivity index (χ1) is 7.52. The van der Waals surface area contributed by atoms with Crippen LogP contribution in [0, 0.1) is 20.2 Å². The summed E-state index contributed by atoms with van der Waals surface area (Å²) in [5, 5.41) is 21.5. The van der Waals surface area contributed by atoms with Gasteiger partial charge in [-0.1, -0.05) is 0 Å². The van der Waals surface area contributed by atoms with Crippen molar-refractivity contribution in [2.75, 3.05) is 6.79 Å². The number of hydrogen-bond acceptors (Lipinski definition) is 6. The van der Waals surface area contributed by atoms with Crippen molar-refractivity contribution in [2.45, 2.75) is 0 Å². The van der Waals surface area contributed by atoms with Crippen molar-refractivity contribution in [1.29, 1.82) is 0 Å². The Balaban J connectivity index is 2.79. The lowest BCUT2D eigenvalue weighted by Gasteiger charge is -2.00. The van der Waals surface area contributed by atoms with Gasteiger partial charge in [-0.25, -0.2) is 0 Å². The van der Waals surface area contributed by atoms with Crippen molar-refractivity contribution in [3.8, 4) is 11.5 Å². The van der Waals surface area contributed by atoms with E-state index in [0.717, 1.165) is 0 Å². The van der Waals surface area contributed by atoms with Gasteiger partial charge in [-0.3, -0.25) is 20.2 Å². The number of nitrogens with zero attached hydrogens (tertiary/aromatic N) is 2. The lowest BCUT2D eigenvalue weighted by atomic mass is 10.2. The Hall–Kier alpha value is -1.90. The Morgan fingerprint density at radius 3 is 2.38 bits per heavy atom. The molecule has 1 aromatic carbocycles. The zero-order chi connectivity index (χ0) is 11.9. The van der Waals surface area contributed by atoms with E-state index in [0.29, 0.717) is 0 Å². The van der Waals surface area contributed by atoms with E-state index in [-0.39, 0.29) is 22.8 Å². The van der Waals surface area contributed by atoms with Gasteiger partial charge in [0.15, 0.2) is 5.75 Å². The van der Waals surface area contributed by atoms with Crippen LogP contribution in [0.1, 0.15) is 0 Å². The summed E-state index contributed by atoms with van der Waals surface area (Å²) in [6, 6.07) is 1.27. The SMILES string of the molecule is O=[N+]([O-])c1c(Br)cc2c(c1[N+](=O)[O-])OCO2. The van der Waals surface area contributed by atoms with Crippen LogP contribution in [0.25, 0.3) is 0 Å². The third-order valence-electron chi connectivity index (χ3n) is 1.93. The summed E-state index contributed by atoms with van der Waals surface area (Å²) in [5.74, 6) is -0.0934. The topological polar surface area (TPSA) is 105 Å². The van der Waals surface area contributed by atoms with Gasteiger partial charge in [0.1, 0.15) is 4.47 Å². The second-order valence-electron chi connectivity index (χ2n) is 2.80. The molecule has 0 fully saturated rings. The van der Waals surface area contributed by atoms with Gasteiger partial charge in [0.2, 0.25) is 6.79 Å². The first kappa shape index (κ1) is 10.6. The molecule has 8 nitrogen and oxygen atoms in total. The highest BCUT2D eigenvalue weighted by Gasteiger charge is 2.38. The molecule has 0 amide bonds. The monoisotopic (exact) mass is 290 g/mol. The predicted molar refractivity (Wildman–Crippen MR) is 53.6 cm³/mol. The number of nitro groups is 2. The number of fused-ring (bicyclic) bond motifs is 1. The largest absolute Gasteiger partial charge is 0.453 e. The van der Waals surface area contributed by atoms with Gasteiger partial charge in [0.05, 0.1) is 9.85 Å². The Morgan fingerprint density at radius 1 is 1.19 bits per heavy atom. The van der Waals surface area contributed by atoms with Crippen molar-refractivity contribution >= 4 is 27.3 Å². The van der Waals surface area contributed by atoms with Gasteiger partial charge in [0.25, 0.3) is 5.75 Å². The molecular weight excluding hydrogens is 288 g/mol. The zero-order valence-electron chi connectivity index (χ0n) is 7.51. The van der Waals surface area contributed by atoms with Crippen molar-refractivity contribution in [3.05, 3.63) is 30.8 Å². The summed E-state index contributed by atoms with van der Waals surface area (Å²) in [7, 11) is 0. The van der Waals surface area contributed by atoms with Gasteiger partial charge in [-0.05, 0) is 15.9 Å². The maximum atomic E-state index is 10.8. The first-order valence-corrected chi connectivity index (χ1v) is 4.72. The second-order valence-corrected chi connectivity index (χ2v) is 3.66. The molecule has 1 aliphatic heterocycles. The first-order valence-electron chi connectivity index (χ1n) is 3.93. The van der Waals surface area contributed by atoms with Crippen LogP contribution < -0.4 is 9.47 Å². The molecule has 2 rings (SSSR count). The van der Waals surface area contributed by atoms with Gasteiger partial charge < -0.3 is 9.47 Å².